The number of hydrogen-bond acceptors (Lipinski definition) is 7. The van der Waals surface area contributed by atoms with Gasteiger partial charge in [0.1, 0.15) is 17.3 Å². The fourth-order valence-corrected chi connectivity index (χ4v) is 4.46. The Hall–Kier alpha value is -3.36. The topological polar surface area (TPSA) is 88.5 Å². The molecule has 0 aromatic heterocycles. The lowest BCUT2D eigenvalue weighted by molar-refractivity contribution is -0.140. The zero-order valence-electron chi connectivity index (χ0n) is 20.4. The second-order valence-electron chi connectivity index (χ2n) is 8.91. The molecule has 2 aromatic rings. The number of carbonyl (C=O) groups excluding carboxylic acids is 2. The van der Waals surface area contributed by atoms with Crippen LogP contribution in [0.25, 0.3) is 5.76 Å². The number of Topliss-reactive ketones (excluding diaryl/α,β-unsaturated/α-hetero) is 1. The lowest BCUT2D eigenvalue weighted by Gasteiger charge is -2.31. The van der Waals surface area contributed by atoms with Crippen LogP contribution in [0.5, 0.6) is 11.5 Å². The van der Waals surface area contributed by atoms with Crippen molar-refractivity contribution >= 4 is 17.4 Å². The number of ketones is 1. The number of carbonyl (C=O) groups is 2. The molecule has 1 unspecified atom stereocenters. The number of aliphatic hydroxyl groups is 1. The van der Waals surface area contributed by atoms with Crippen molar-refractivity contribution in [2.24, 2.45) is 0 Å². The maximum atomic E-state index is 13.2. The minimum atomic E-state index is -0.724. The molecular formula is C27H32N2O6. The highest BCUT2D eigenvalue weighted by Crippen LogP contribution is 2.40. The van der Waals surface area contributed by atoms with Crippen molar-refractivity contribution in [3.63, 3.8) is 0 Å². The van der Waals surface area contributed by atoms with Gasteiger partial charge in [0.05, 0.1) is 38.0 Å². The molecule has 8 nitrogen and oxygen atoms in total. The molecule has 2 aliphatic heterocycles. The summed E-state index contributed by atoms with van der Waals surface area (Å²) in [6.07, 6.45) is 0.0132. The van der Waals surface area contributed by atoms with Crippen molar-refractivity contribution in [2.75, 3.05) is 46.5 Å². The summed E-state index contributed by atoms with van der Waals surface area (Å²) in [5.74, 6) is -0.253. The molecule has 1 amide bonds. The SMILES string of the molecule is COc1cccc(C2/C(=C(/O)c3ccc(OC(C)C)cc3)C(=O)C(=O)N2CCN2CCOCC2)c1. The molecule has 0 spiro atoms. The molecule has 2 saturated heterocycles. The number of methoxy groups -OCH3 is 1. The zero-order chi connectivity index (χ0) is 24.9. The first-order valence-electron chi connectivity index (χ1n) is 11.9. The highest BCUT2D eigenvalue weighted by atomic mass is 16.5. The van der Waals surface area contributed by atoms with Crippen LogP contribution in [-0.2, 0) is 14.3 Å². The van der Waals surface area contributed by atoms with Crippen LogP contribution in [0.4, 0.5) is 0 Å². The van der Waals surface area contributed by atoms with Gasteiger partial charge in [-0.05, 0) is 55.8 Å². The lowest BCUT2D eigenvalue weighted by Crippen LogP contribution is -2.42. The molecule has 1 atom stereocenters. The number of benzene rings is 2. The second-order valence-corrected chi connectivity index (χ2v) is 8.91. The van der Waals surface area contributed by atoms with E-state index in [1.807, 2.05) is 26.0 Å². The Balaban J connectivity index is 1.71. The van der Waals surface area contributed by atoms with E-state index in [0.29, 0.717) is 48.9 Å². The molecule has 186 valence electrons. The van der Waals surface area contributed by atoms with E-state index in [1.165, 1.54) is 0 Å². The third-order valence-corrected chi connectivity index (χ3v) is 6.21. The lowest BCUT2D eigenvalue weighted by atomic mass is 9.95. The molecule has 0 aliphatic carbocycles. The van der Waals surface area contributed by atoms with Crippen LogP contribution in [0.3, 0.4) is 0 Å². The van der Waals surface area contributed by atoms with Gasteiger partial charge in [-0.25, -0.2) is 0 Å². The molecule has 35 heavy (non-hydrogen) atoms. The molecule has 1 N–H and O–H groups in total. The van der Waals surface area contributed by atoms with Crippen LogP contribution in [0.15, 0.2) is 54.1 Å². The Labute approximate surface area is 205 Å². The molecule has 2 aromatic carbocycles. The molecule has 0 saturated carbocycles. The fraction of sp³-hybridized carbons (Fsp3) is 0.407. The highest BCUT2D eigenvalue weighted by Gasteiger charge is 2.46. The average Bonchev–Trinajstić information content (AvgIpc) is 3.12. The van der Waals surface area contributed by atoms with E-state index in [4.69, 9.17) is 14.2 Å². The average molecular weight is 481 g/mol. The monoisotopic (exact) mass is 480 g/mol. The molecule has 8 heteroatoms. The predicted octanol–water partition coefficient (Wildman–Crippen LogP) is 3.24. The number of rotatable bonds is 8. The minimum Gasteiger partial charge on any atom is -0.507 e. The van der Waals surface area contributed by atoms with Crippen molar-refractivity contribution in [1.82, 2.24) is 9.80 Å². The van der Waals surface area contributed by atoms with Gasteiger partial charge in [0.2, 0.25) is 0 Å². The number of nitrogens with zero attached hydrogens (tertiary/aromatic N) is 2. The summed E-state index contributed by atoms with van der Waals surface area (Å²) in [7, 11) is 1.56. The number of aliphatic hydroxyl groups excluding tert-OH is 1. The molecule has 4 rings (SSSR count). The maximum Gasteiger partial charge on any atom is 0.295 e. The van der Waals surface area contributed by atoms with Gasteiger partial charge in [-0.15, -0.1) is 0 Å². The predicted molar refractivity (Wildman–Crippen MR) is 131 cm³/mol. The normalized spacial score (nSPS) is 20.5. The van der Waals surface area contributed by atoms with Crippen molar-refractivity contribution in [3.8, 4) is 11.5 Å². The summed E-state index contributed by atoms with van der Waals surface area (Å²) in [5, 5.41) is 11.3. The number of hydrogen-bond donors (Lipinski definition) is 1. The third kappa shape index (κ3) is 5.49. The summed E-state index contributed by atoms with van der Waals surface area (Å²) in [6.45, 7) is 7.67. The van der Waals surface area contributed by atoms with Gasteiger partial charge in [0.25, 0.3) is 11.7 Å². The number of ether oxygens (including phenoxy) is 3. The van der Waals surface area contributed by atoms with Gasteiger partial charge >= 0.3 is 0 Å². The standard InChI is InChI=1S/C27H32N2O6/c1-18(2)35-21-9-7-19(8-10-21)25(30)23-24(20-5-4-6-22(17-20)33-3)29(27(32)26(23)31)12-11-28-13-15-34-16-14-28/h4-10,17-18,24,30H,11-16H2,1-3H3/b25-23-. The van der Waals surface area contributed by atoms with Crippen LogP contribution < -0.4 is 9.47 Å². The van der Waals surface area contributed by atoms with Gasteiger partial charge in [0, 0.05) is 31.7 Å². The number of likely N-dealkylation sites (tertiary alicyclic amines) is 1. The quantitative estimate of drug-likeness (QED) is 0.353. The Morgan fingerprint density at radius 2 is 1.77 bits per heavy atom. The Bertz CT molecular complexity index is 1090. The Kier molecular flexibility index (Phi) is 7.73. The summed E-state index contributed by atoms with van der Waals surface area (Å²) in [6, 6.07) is 13.4. The summed E-state index contributed by atoms with van der Waals surface area (Å²) in [4.78, 5) is 30.2. The highest BCUT2D eigenvalue weighted by molar-refractivity contribution is 6.46. The first-order valence-corrected chi connectivity index (χ1v) is 11.9. The van der Waals surface area contributed by atoms with Gasteiger partial charge in [-0.1, -0.05) is 12.1 Å². The molecule has 0 bridgehead atoms. The summed E-state index contributed by atoms with van der Waals surface area (Å²) in [5.41, 5.74) is 1.22. The van der Waals surface area contributed by atoms with Gasteiger partial charge < -0.3 is 24.2 Å². The molecule has 2 aliphatic rings. The maximum absolute atomic E-state index is 13.2. The van der Waals surface area contributed by atoms with Gasteiger partial charge in [0.15, 0.2) is 0 Å². The van der Waals surface area contributed by atoms with E-state index < -0.39 is 17.7 Å². The molecule has 2 fully saturated rings. The Morgan fingerprint density at radius 3 is 2.43 bits per heavy atom. The van der Waals surface area contributed by atoms with Crippen LogP contribution in [0, 0.1) is 0 Å². The van der Waals surface area contributed by atoms with Crippen LogP contribution >= 0.6 is 0 Å². The van der Waals surface area contributed by atoms with E-state index in [2.05, 4.69) is 4.90 Å². The summed E-state index contributed by atoms with van der Waals surface area (Å²) < 4.78 is 16.5. The van der Waals surface area contributed by atoms with Crippen LogP contribution in [-0.4, -0.2) is 79.2 Å². The fourth-order valence-electron chi connectivity index (χ4n) is 4.46. The Morgan fingerprint density at radius 1 is 1.06 bits per heavy atom. The van der Waals surface area contributed by atoms with E-state index in [1.54, 1.807) is 48.4 Å². The first-order chi connectivity index (χ1) is 16.9. The van der Waals surface area contributed by atoms with Crippen molar-refractivity contribution in [3.05, 3.63) is 65.2 Å². The second kappa shape index (κ2) is 10.9. The summed E-state index contributed by atoms with van der Waals surface area (Å²) >= 11 is 0. The minimum absolute atomic E-state index is 0.0132. The van der Waals surface area contributed by atoms with Gasteiger partial charge in [-0.3, -0.25) is 14.5 Å². The molecule has 0 radical (unpaired) electrons. The molecular weight excluding hydrogens is 448 g/mol. The van der Waals surface area contributed by atoms with Crippen molar-refractivity contribution in [1.29, 1.82) is 0 Å². The van der Waals surface area contributed by atoms with E-state index in [-0.39, 0.29) is 17.4 Å². The molecule has 2 heterocycles. The smallest absolute Gasteiger partial charge is 0.295 e. The number of morpholine rings is 1. The third-order valence-electron chi connectivity index (χ3n) is 6.21. The van der Waals surface area contributed by atoms with Gasteiger partial charge in [-0.2, -0.15) is 0 Å². The largest absolute Gasteiger partial charge is 0.507 e. The van der Waals surface area contributed by atoms with Crippen LogP contribution in [0.1, 0.15) is 31.0 Å². The van der Waals surface area contributed by atoms with E-state index in [9.17, 15) is 14.7 Å². The van der Waals surface area contributed by atoms with Crippen molar-refractivity contribution in [2.45, 2.75) is 26.0 Å². The zero-order valence-corrected chi connectivity index (χ0v) is 20.4. The first kappa shape index (κ1) is 24.8. The van der Waals surface area contributed by atoms with Crippen molar-refractivity contribution < 1.29 is 28.9 Å². The van der Waals surface area contributed by atoms with E-state index in [0.717, 1.165) is 13.1 Å². The van der Waals surface area contributed by atoms with Crippen LogP contribution in [0.2, 0.25) is 0 Å². The number of amides is 1. The van der Waals surface area contributed by atoms with E-state index >= 15 is 0 Å².